The van der Waals surface area contributed by atoms with Crippen LogP contribution < -0.4 is 4.90 Å². The topological polar surface area (TPSA) is 3.24 Å². The smallest absolute Gasteiger partial charge is 0.0778 e. The van der Waals surface area contributed by atoms with Crippen LogP contribution in [0.15, 0.2) is 85.0 Å². The highest BCUT2D eigenvalue weighted by Gasteiger charge is 2.56. The van der Waals surface area contributed by atoms with Crippen LogP contribution in [0.4, 0.5) is 11.4 Å². The molecule has 132 valence electrons. The quantitative estimate of drug-likeness (QED) is 0.542. The molecule has 1 unspecified atom stereocenters. The third-order valence-electron chi connectivity index (χ3n) is 6.25. The van der Waals surface area contributed by atoms with Crippen LogP contribution in [0.5, 0.6) is 0 Å². The number of para-hydroxylation sites is 2. The predicted octanol–water partition coefficient (Wildman–Crippen LogP) is 6.77. The standard InChI is InChI=1S/C25H27N/c1-5-12-20(18(3)6-2)22-17-23-21-15-10-11-16-24(21)26(25(22,23)4)19-13-8-7-9-14-19/h5,7-18,22H,1,6H2,2-4H3/b20-12+/t18-,22+,25?/m0/s1. The Morgan fingerprint density at radius 1 is 1.15 bits per heavy atom. The first kappa shape index (κ1) is 16.9. The monoisotopic (exact) mass is 341 g/mol. The average Bonchev–Trinajstić information content (AvgIpc) is 2.86. The minimum atomic E-state index is -0.0384. The van der Waals surface area contributed by atoms with Crippen molar-refractivity contribution in [2.75, 3.05) is 4.90 Å². The van der Waals surface area contributed by atoms with E-state index in [4.69, 9.17) is 0 Å². The number of rotatable bonds is 5. The number of benzene rings is 2. The highest BCUT2D eigenvalue weighted by molar-refractivity contribution is 5.99. The van der Waals surface area contributed by atoms with E-state index in [1.807, 2.05) is 6.08 Å². The Morgan fingerprint density at radius 3 is 2.54 bits per heavy atom. The number of allylic oxidation sites excluding steroid dienone is 2. The van der Waals surface area contributed by atoms with Gasteiger partial charge in [-0.2, -0.15) is 0 Å². The Labute approximate surface area is 157 Å². The summed E-state index contributed by atoms with van der Waals surface area (Å²) in [5.74, 6) is 0.951. The molecular weight excluding hydrogens is 314 g/mol. The third kappa shape index (κ3) is 2.23. The molecule has 4 rings (SSSR count). The molecule has 0 aromatic heterocycles. The lowest BCUT2D eigenvalue weighted by molar-refractivity contribution is 0.417. The van der Waals surface area contributed by atoms with Gasteiger partial charge in [-0.25, -0.2) is 0 Å². The van der Waals surface area contributed by atoms with Crippen LogP contribution in [0.2, 0.25) is 0 Å². The summed E-state index contributed by atoms with van der Waals surface area (Å²) in [6.07, 6.45) is 7.81. The van der Waals surface area contributed by atoms with Crippen molar-refractivity contribution in [2.24, 2.45) is 11.8 Å². The fraction of sp³-hybridized carbons (Fsp3) is 0.280. The fourth-order valence-corrected chi connectivity index (χ4v) is 4.69. The Morgan fingerprint density at radius 2 is 1.85 bits per heavy atom. The maximum absolute atomic E-state index is 3.97. The minimum Gasteiger partial charge on any atom is -0.330 e. The van der Waals surface area contributed by atoms with Crippen molar-refractivity contribution in [1.29, 1.82) is 0 Å². The molecule has 1 heteroatoms. The molecule has 0 amide bonds. The van der Waals surface area contributed by atoms with E-state index < -0.39 is 0 Å². The second-order valence-corrected chi connectivity index (χ2v) is 7.61. The van der Waals surface area contributed by atoms with Gasteiger partial charge in [-0.15, -0.1) is 0 Å². The molecule has 0 fully saturated rings. The molecule has 0 saturated carbocycles. The Kier molecular flexibility index (Phi) is 4.11. The fourth-order valence-electron chi connectivity index (χ4n) is 4.69. The maximum Gasteiger partial charge on any atom is 0.0778 e. The van der Waals surface area contributed by atoms with Gasteiger partial charge in [-0.05, 0) is 43.0 Å². The van der Waals surface area contributed by atoms with Gasteiger partial charge in [0.1, 0.15) is 0 Å². The third-order valence-corrected chi connectivity index (χ3v) is 6.25. The van der Waals surface area contributed by atoms with Crippen molar-refractivity contribution in [1.82, 2.24) is 0 Å². The second-order valence-electron chi connectivity index (χ2n) is 7.61. The molecule has 1 nitrogen and oxygen atoms in total. The van der Waals surface area contributed by atoms with Crippen molar-refractivity contribution in [3.8, 4) is 0 Å². The van der Waals surface area contributed by atoms with Gasteiger partial charge in [-0.3, -0.25) is 0 Å². The summed E-state index contributed by atoms with van der Waals surface area (Å²) < 4.78 is 0. The molecule has 0 spiro atoms. The van der Waals surface area contributed by atoms with E-state index in [0.717, 1.165) is 6.42 Å². The summed E-state index contributed by atoms with van der Waals surface area (Å²) in [6.45, 7) is 11.0. The largest absolute Gasteiger partial charge is 0.330 e. The van der Waals surface area contributed by atoms with Crippen LogP contribution in [-0.2, 0) is 0 Å². The van der Waals surface area contributed by atoms with Crippen LogP contribution in [-0.4, -0.2) is 5.54 Å². The molecule has 0 radical (unpaired) electrons. The lowest BCUT2D eigenvalue weighted by atomic mass is 9.62. The predicted molar refractivity (Wildman–Crippen MR) is 113 cm³/mol. The van der Waals surface area contributed by atoms with Gasteiger partial charge in [-0.1, -0.05) is 80.6 Å². The summed E-state index contributed by atoms with van der Waals surface area (Å²) in [5.41, 5.74) is 6.86. The number of hydrogen-bond donors (Lipinski definition) is 0. The molecule has 1 heterocycles. The SMILES string of the molecule is C=C/C=C(/[C@H]1C=C2c3ccccc3N(c3ccccc3)C21C)[C@@H](C)CC. The van der Waals surface area contributed by atoms with E-state index >= 15 is 0 Å². The number of fused-ring (bicyclic) bond motifs is 3. The van der Waals surface area contributed by atoms with Crippen molar-refractivity contribution in [3.05, 3.63) is 90.5 Å². The molecule has 0 N–H and O–H groups in total. The van der Waals surface area contributed by atoms with Crippen molar-refractivity contribution < 1.29 is 0 Å². The summed E-state index contributed by atoms with van der Waals surface area (Å²) in [6, 6.07) is 19.6. The summed E-state index contributed by atoms with van der Waals surface area (Å²) in [7, 11) is 0. The molecule has 3 atom stereocenters. The van der Waals surface area contributed by atoms with Gasteiger partial charge in [0, 0.05) is 22.9 Å². The molecule has 0 saturated heterocycles. The van der Waals surface area contributed by atoms with E-state index in [1.54, 1.807) is 0 Å². The Balaban J connectivity index is 1.88. The molecule has 1 aliphatic heterocycles. The highest BCUT2D eigenvalue weighted by atomic mass is 15.2. The lowest BCUT2D eigenvalue weighted by Crippen LogP contribution is -2.52. The van der Waals surface area contributed by atoms with Crippen molar-refractivity contribution in [2.45, 2.75) is 32.7 Å². The average molecular weight is 341 g/mol. The first-order valence-corrected chi connectivity index (χ1v) is 9.62. The van der Waals surface area contributed by atoms with E-state index in [-0.39, 0.29) is 5.54 Å². The highest BCUT2D eigenvalue weighted by Crippen LogP contribution is 2.62. The minimum absolute atomic E-state index is 0.0384. The van der Waals surface area contributed by atoms with E-state index in [1.165, 1.54) is 28.1 Å². The summed E-state index contributed by atoms with van der Waals surface area (Å²) in [4.78, 5) is 2.54. The number of anilines is 2. The second kappa shape index (κ2) is 6.32. The van der Waals surface area contributed by atoms with E-state index in [2.05, 4.69) is 99.0 Å². The molecule has 1 aliphatic carbocycles. The molecular formula is C25H27N. The van der Waals surface area contributed by atoms with Gasteiger partial charge >= 0.3 is 0 Å². The zero-order chi connectivity index (χ0) is 18.3. The summed E-state index contributed by atoms with van der Waals surface area (Å²) in [5, 5.41) is 0. The van der Waals surface area contributed by atoms with Crippen molar-refractivity contribution in [3.63, 3.8) is 0 Å². The van der Waals surface area contributed by atoms with Gasteiger partial charge in [0.15, 0.2) is 0 Å². The molecule has 26 heavy (non-hydrogen) atoms. The zero-order valence-corrected chi connectivity index (χ0v) is 15.9. The van der Waals surface area contributed by atoms with E-state index in [9.17, 15) is 0 Å². The lowest BCUT2D eigenvalue weighted by Gasteiger charge is -2.51. The molecule has 0 bridgehead atoms. The Bertz CT molecular complexity index is 889. The number of nitrogens with zero attached hydrogens (tertiary/aromatic N) is 1. The molecule has 2 aliphatic rings. The van der Waals surface area contributed by atoms with E-state index in [0.29, 0.717) is 11.8 Å². The first-order chi connectivity index (χ1) is 12.6. The van der Waals surface area contributed by atoms with Crippen LogP contribution in [0, 0.1) is 11.8 Å². The number of hydrogen-bond acceptors (Lipinski definition) is 1. The van der Waals surface area contributed by atoms with Gasteiger partial charge in [0.2, 0.25) is 0 Å². The van der Waals surface area contributed by atoms with Crippen LogP contribution >= 0.6 is 0 Å². The van der Waals surface area contributed by atoms with Crippen LogP contribution in [0.3, 0.4) is 0 Å². The van der Waals surface area contributed by atoms with Gasteiger partial charge in [0.05, 0.1) is 5.54 Å². The summed E-state index contributed by atoms with van der Waals surface area (Å²) >= 11 is 0. The van der Waals surface area contributed by atoms with Crippen LogP contribution in [0.1, 0.15) is 32.8 Å². The van der Waals surface area contributed by atoms with Gasteiger partial charge < -0.3 is 4.90 Å². The van der Waals surface area contributed by atoms with Gasteiger partial charge in [0.25, 0.3) is 0 Å². The normalized spacial score (nSPS) is 25.0. The van der Waals surface area contributed by atoms with Crippen LogP contribution in [0.25, 0.3) is 5.57 Å². The zero-order valence-electron chi connectivity index (χ0n) is 15.9. The first-order valence-electron chi connectivity index (χ1n) is 9.62. The molecule has 2 aromatic carbocycles. The van der Waals surface area contributed by atoms with Crippen molar-refractivity contribution >= 4 is 16.9 Å². The molecule has 2 aromatic rings. The maximum atomic E-state index is 3.97. The Hall–Kier alpha value is -2.54.